The first-order valence-corrected chi connectivity index (χ1v) is 6.05. The predicted octanol–water partition coefficient (Wildman–Crippen LogP) is -0.123. The standard InChI is InChI=1S/C7H18N2O2S/c1-4-9(5-2)7-6-8-12(3,10)11/h8H,4-7H2,1-3H3. The van der Waals surface area contributed by atoms with Crippen molar-refractivity contribution in [3.8, 4) is 0 Å². The minimum Gasteiger partial charge on any atom is -0.303 e. The van der Waals surface area contributed by atoms with Crippen molar-refractivity contribution in [3.05, 3.63) is 0 Å². The van der Waals surface area contributed by atoms with E-state index in [1.165, 1.54) is 6.26 Å². The van der Waals surface area contributed by atoms with E-state index < -0.39 is 10.0 Å². The molecule has 0 rings (SSSR count). The highest BCUT2D eigenvalue weighted by atomic mass is 32.2. The van der Waals surface area contributed by atoms with Crippen molar-refractivity contribution in [2.75, 3.05) is 32.4 Å². The normalized spacial score (nSPS) is 12.3. The summed E-state index contributed by atoms with van der Waals surface area (Å²) in [6, 6.07) is 0. The first-order valence-electron chi connectivity index (χ1n) is 4.16. The molecule has 5 heteroatoms. The van der Waals surface area contributed by atoms with Gasteiger partial charge in [0.2, 0.25) is 10.0 Å². The number of sulfonamides is 1. The van der Waals surface area contributed by atoms with Crippen LogP contribution in [0.3, 0.4) is 0 Å². The summed E-state index contributed by atoms with van der Waals surface area (Å²) in [5.74, 6) is 0. The zero-order chi connectivity index (χ0) is 9.61. The molecule has 1 N–H and O–H groups in total. The van der Waals surface area contributed by atoms with Crippen LogP contribution in [0, 0.1) is 0 Å². The molecule has 0 spiro atoms. The van der Waals surface area contributed by atoms with Gasteiger partial charge in [0.1, 0.15) is 0 Å². The maximum Gasteiger partial charge on any atom is 0.208 e. The minimum atomic E-state index is -3.01. The molecule has 4 nitrogen and oxygen atoms in total. The average molecular weight is 194 g/mol. The molecular weight excluding hydrogens is 176 g/mol. The Morgan fingerprint density at radius 2 is 1.75 bits per heavy atom. The zero-order valence-corrected chi connectivity index (χ0v) is 8.82. The maximum absolute atomic E-state index is 10.7. The van der Waals surface area contributed by atoms with Crippen LogP contribution < -0.4 is 4.72 Å². The van der Waals surface area contributed by atoms with Crippen LogP contribution in [-0.2, 0) is 10.0 Å². The number of nitrogens with one attached hydrogen (secondary N) is 1. The first-order chi connectivity index (χ1) is 5.49. The summed E-state index contributed by atoms with van der Waals surface area (Å²) < 4.78 is 23.8. The number of hydrogen-bond acceptors (Lipinski definition) is 3. The minimum absolute atomic E-state index is 0.501. The van der Waals surface area contributed by atoms with Gasteiger partial charge in [-0.3, -0.25) is 0 Å². The molecule has 12 heavy (non-hydrogen) atoms. The Morgan fingerprint density at radius 1 is 1.25 bits per heavy atom. The van der Waals surface area contributed by atoms with Crippen LogP contribution in [0.15, 0.2) is 0 Å². The van der Waals surface area contributed by atoms with Crippen molar-refractivity contribution in [1.82, 2.24) is 9.62 Å². The molecule has 0 unspecified atom stereocenters. The van der Waals surface area contributed by atoms with Crippen LogP contribution in [0.5, 0.6) is 0 Å². The van der Waals surface area contributed by atoms with Crippen molar-refractivity contribution in [1.29, 1.82) is 0 Å². The summed E-state index contributed by atoms with van der Waals surface area (Å²) in [6.45, 7) is 7.32. The Hall–Kier alpha value is -0.130. The van der Waals surface area contributed by atoms with E-state index in [0.717, 1.165) is 19.6 Å². The lowest BCUT2D eigenvalue weighted by molar-refractivity contribution is 0.309. The van der Waals surface area contributed by atoms with E-state index in [4.69, 9.17) is 0 Å². The van der Waals surface area contributed by atoms with E-state index in [-0.39, 0.29) is 0 Å². The molecule has 0 aromatic rings. The van der Waals surface area contributed by atoms with Gasteiger partial charge in [0.25, 0.3) is 0 Å². The number of rotatable bonds is 6. The zero-order valence-electron chi connectivity index (χ0n) is 8.00. The lowest BCUT2D eigenvalue weighted by Gasteiger charge is -2.17. The first kappa shape index (κ1) is 11.9. The summed E-state index contributed by atoms with van der Waals surface area (Å²) in [5.41, 5.74) is 0. The molecule has 0 saturated heterocycles. The van der Waals surface area contributed by atoms with Crippen LogP contribution >= 0.6 is 0 Å². The van der Waals surface area contributed by atoms with E-state index in [2.05, 4.69) is 23.5 Å². The Kier molecular flexibility index (Phi) is 5.44. The molecule has 0 bridgehead atoms. The van der Waals surface area contributed by atoms with Gasteiger partial charge in [0.15, 0.2) is 0 Å². The smallest absolute Gasteiger partial charge is 0.208 e. The third-order valence-electron chi connectivity index (χ3n) is 1.69. The largest absolute Gasteiger partial charge is 0.303 e. The molecule has 0 atom stereocenters. The van der Waals surface area contributed by atoms with Crippen molar-refractivity contribution >= 4 is 10.0 Å². The summed E-state index contributed by atoms with van der Waals surface area (Å²) in [4.78, 5) is 2.16. The Balaban J connectivity index is 3.55. The molecular formula is C7H18N2O2S. The second kappa shape index (κ2) is 5.50. The topological polar surface area (TPSA) is 49.4 Å². The number of nitrogens with zero attached hydrogens (tertiary/aromatic N) is 1. The van der Waals surface area contributed by atoms with E-state index in [1.54, 1.807) is 0 Å². The highest BCUT2D eigenvalue weighted by Gasteiger charge is 2.01. The molecule has 0 aliphatic rings. The summed E-state index contributed by atoms with van der Waals surface area (Å²) >= 11 is 0. The predicted molar refractivity (Wildman–Crippen MR) is 50.6 cm³/mol. The van der Waals surface area contributed by atoms with Gasteiger partial charge >= 0.3 is 0 Å². The summed E-state index contributed by atoms with van der Waals surface area (Å²) in [6.07, 6.45) is 1.18. The second-order valence-corrected chi connectivity index (χ2v) is 4.53. The SMILES string of the molecule is CCN(CC)CCNS(C)(=O)=O. The molecule has 0 radical (unpaired) electrons. The number of hydrogen-bond donors (Lipinski definition) is 1. The van der Waals surface area contributed by atoms with Gasteiger partial charge in [-0.15, -0.1) is 0 Å². The monoisotopic (exact) mass is 194 g/mol. The van der Waals surface area contributed by atoms with Crippen molar-refractivity contribution < 1.29 is 8.42 Å². The van der Waals surface area contributed by atoms with Gasteiger partial charge in [-0.25, -0.2) is 13.1 Å². The fraction of sp³-hybridized carbons (Fsp3) is 1.00. The third-order valence-corrected chi connectivity index (χ3v) is 2.42. The van der Waals surface area contributed by atoms with Crippen LogP contribution in [0.2, 0.25) is 0 Å². The van der Waals surface area contributed by atoms with Crippen LogP contribution in [-0.4, -0.2) is 45.8 Å². The lowest BCUT2D eigenvalue weighted by Crippen LogP contribution is -2.34. The fourth-order valence-electron chi connectivity index (χ4n) is 0.929. The van der Waals surface area contributed by atoms with Crippen LogP contribution in [0.4, 0.5) is 0 Å². The van der Waals surface area contributed by atoms with E-state index in [9.17, 15) is 8.42 Å². The molecule has 0 aromatic carbocycles. The Morgan fingerprint density at radius 3 is 2.08 bits per heavy atom. The molecule has 0 aliphatic carbocycles. The fourth-order valence-corrected chi connectivity index (χ4v) is 1.39. The highest BCUT2D eigenvalue weighted by Crippen LogP contribution is 1.84. The molecule has 0 saturated carbocycles. The van der Waals surface area contributed by atoms with Gasteiger partial charge in [-0.2, -0.15) is 0 Å². The van der Waals surface area contributed by atoms with E-state index >= 15 is 0 Å². The van der Waals surface area contributed by atoms with E-state index in [0.29, 0.717) is 6.54 Å². The van der Waals surface area contributed by atoms with Gasteiger partial charge < -0.3 is 4.90 Å². The summed E-state index contributed by atoms with van der Waals surface area (Å²) in [7, 11) is -3.01. The van der Waals surface area contributed by atoms with Gasteiger partial charge in [-0.1, -0.05) is 13.8 Å². The third kappa shape index (κ3) is 6.57. The Labute approximate surface area is 75.0 Å². The second-order valence-electron chi connectivity index (χ2n) is 2.69. The molecule has 0 fully saturated rings. The highest BCUT2D eigenvalue weighted by molar-refractivity contribution is 7.88. The Bertz CT molecular complexity index is 197. The van der Waals surface area contributed by atoms with Crippen molar-refractivity contribution in [2.24, 2.45) is 0 Å². The lowest BCUT2D eigenvalue weighted by atomic mass is 10.5. The van der Waals surface area contributed by atoms with Crippen LogP contribution in [0.1, 0.15) is 13.8 Å². The van der Waals surface area contributed by atoms with Gasteiger partial charge in [0, 0.05) is 13.1 Å². The van der Waals surface area contributed by atoms with Crippen molar-refractivity contribution in [2.45, 2.75) is 13.8 Å². The quantitative estimate of drug-likeness (QED) is 0.641. The average Bonchev–Trinajstić information content (AvgIpc) is 1.96. The molecule has 0 heterocycles. The van der Waals surface area contributed by atoms with Crippen LogP contribution in [0.25, 0.3) is 0 Å². The maximum atomic E-state index is 10.7. The molecule has 74 valence electrons. The molecule has 0 amide bonds. The van der Waals surface area contributed by atoms with Gasteiger partial charge in [-0.05, 0) is 13.1 Å². The van der Waals surface area contributed by atoms with Crippen molar-refractivity contribution in [3.63, 3.8) is 0 Å². The number of likely N-dealkylation sites (N-methyl/N-ethyl adjacent to an activating group) is 1. The summed E-state index contributed by atoms with van der Waals surface area (Å²) in [5, 5.41) is 0. The molecule has 0 aromatic heterocycles. The van der Waals surface area contributed by atoms with E-state index in [1.807, 2.05) is 0 Å². The molecule has 0 aliphatic heterocycles. The van der Waals surface area contributed by atoms with Gasteiger partial charge in [0.05, 0.1) is 6.26 Å².